The first-order valence-electron chi connectivity index (χ1n) is 10.2. The number of aromatic nitrogens is 2. The van der Waals surface area contributed by atoms with E-state index in [1.807, 2.05) is 12.1 Å². The van der Waals surface area contributed by atoms with Gasteiger partial charge in [0.15, 0.2) is 0 Å². The fourth-order valence-electron chi connectivity index (χ4n) is 4.02. The predicted octanol–water partition coefficient (Wildman–Crippen LogP) is 3.76. The first-order valence-corrected chi connectivity index (χ1v) is 11.4. The maximum absolute atomic E-state index is 13.4. The summed E-state index contributed by atoms with van der Waals surface area (Å²) in [4.78, 5) is 27.4. The second-order valence-electron chi connectivity index (χ2n) is 7.75. The Balaban J connectivity index is 1.37. The lowest BCUT2D eigenvalue weighted by molar-refractivity contribution is -0.122. The van der Waals surface area contributed by atoms with Crippen molar-refractivity contribution in [3.63, 3.8) is 0 Å². The monoisotopic (exact) mass is 452 g/mol. The van der Waals surface area contributed by atoms with Gasteiger partial charge in [-0.25, -0.2) is 9.07 Å². The van der Waals surface area contributed by atoms with Gasteiger partial charge in [-0.2, -0.15) is 16.9 Å². The predicted molar refractivity (Wildman–Crippen MR) is 121 cm³/mol. The molecule has 1 saturated heterocycles. The number of thioether (sulfide) groups is 1. The van der Waals surface area contributed by atoms with E-state index < -0.39 is 5.92 Å². The number of ether oxygens (including phenoxy) is 1. The van der Waals surface area contributed by atoms with Gasteiger partial charge in [-0.05, 0) is 48.5 Å². The summed E-state index contributed by atoms with van der Waals surface area (Å²) in [5.41, 5.74) is 3.30. The molecule has 2 aliphatic heterocycles. The number of halogens is 1. The van der Waals surface area contributed by atoms with Gasteiger partial charge in [-0.15, -0.1) is 0 Å². The number of fused-ring (bicyclic) bond motifs is 1. The maximum Gasteiger partial charge on any atom is 0.230 e. The van der Waals surface area contributed by atoms with Crippen LogP contribution in [0.15, 0.2) is 48.5 Å². The van der Waals surface area contributed by atoms with E-state index in [0.717, 1.165) is 28.5 Å². The molecule has 9 heteroatoms. The summed E-state index contributed by atoms with van der Waals surface area (Å²) in [6, 6.07) is 13.2. The summed E-state index contributed by atoms with van der Waals surface area (Å²) in [6.07, 6.45) is 0.138. The highest BCUT2D eigenvalue weighted by atomic mass is 32.2. The Morgan fingerprint density at radius 2 is 1.84 bits per heavy atom. The molecular formula is C23H21FN4O3S. The molecule has 0 radical (unpaired) electrons. The minimum Gasteiger partial charge on any atom is -0.497 e. The van der Waals surface area contributed by atoms with Gasteiger partial charge in [0.25, 0.3) is 0 Å². The van der Waals surface area contributed by atoms with Crippen LogP contribution < -0.4 is 15.0 Å². The van der Waals surface area contributed by atoms with E-state index in [1.54, 1.807) is 52.7 Å². The number of hydrogen-bond acceptors (Lipinski definition) is 5. The van der Waals surface area contributed by atoms with Crippen LogP contribution in [0.2, 0.25) is 0 Å². The van der Waals surface area contributed by atoms with Crippen molar-refractivity contribution in [1.29, 1.82) is 0 Å². The number of hydrogen-bond donors (Lipinski definition) is 1. The molecule has 0 bridgehead atoms. The van der Waals surface area contributed by atoms with Gasteiger partial charge < -0.3 is 15.0 Å². The molecule has 2 amide bonds. The van der Waals surface area contributed by atoms with E-state index in [1.165, 1.54) is 12.1 Å². The molecule has 3 aromatic rings. The lowest BCUT2D eigenvalue weighted by Gasteiger charge is -2.17. The zero-order valence-electron chi connectivity index (χ0n) is 17.4. The van der Waals surface area contributed by atoms with Crippen molar-refractivity contribution < 1.29 is 18.7 Å². The van der Waals surface area contributed by atoms with Crippen LogP contribution in [0.1, 0.15) is 17.7 Å². The van der Waals surface area contributed by atoms with Crippen molar-refractivity contribution in [3.8, 4) is 11.4 Å². The molecule has 1 aromatic heterocycles. The molecule has 7 nitrogen and oxygen atoms in total. The number of carbonyl (C=O) groups excluding carboxylic acids is 2. The molecule has 1 N–H and O–H groups in total. The van der Waals surface area contributed by atoms with Crippen LogP contribution in [0, 0.1) is 11.7 Å². The molecule has 2 aliphatic rings. The Bertz CT molecular complexity index is 1180. The van der Waals surface area contributed by atoms with Crippen LogP contribution >= 0.6 is 11.8 Å². The minimum atomic E-state index is -0.481. The maximum atomic E-state index is 13.4. The highest BCUT2D eigenvalue weighted by molar-refractivity contribution is 7.98. The van der Waals surface area contributed by atoms with Gasteiger partial charge in [0.1, 0.15) is 17.4 Å². The van der Waals surface area contributed by atoms with Crippen LogP contribution in [0.25, 0.3) is 5.69 Å². The van der Waals surface area contributed by atoms with Crippen molar-refractivity contribution in [2.45, 2.75) is 17.9 Å². The van der Waals surface area contributed by atoms with Crippen molar-refractivity contribution in [2.75, 3.05) is 23.9 Å². The number of anilines is 2. The molecule has 0 aliphatic carbocycles. The second-order valence-corrected chi connectivity index (χ2v) is 8.73. The molecule has 1 unspecified atom stereocenters. The van der Waals surface area contributed by atoms with Crippen molar-refractivity contribution in [1.82, 2.24) is 9.78 Å². The van der Waals surface area contributed by atoms with Crippen molar-refractivity contribution in [2.24, 2.45) is 5.92 Å². The average molecular weight is 453 g/mol. The number of nitrogens with zero attached hydrogens (tertiary/aromatic N) is 3. The fraction of sp³-hybridized carbons (Fsp3) is 0.261. The number of benzene rings is 2. The number of rotatable bonds is 5. The second kappa shape index (κ2) is 8.31. The lowest BCUT2D eigenvalue weighted by Crippen LogP contribution is -2.28. The van der Waals surface area contributed by atoms with Gasteiger partial charge in [-0.1, -0.05) is 0 Å². The fourth-order valence-corrected chi connectivity index (χ4v) is 5.06. The summed E-state index contributed by atoms with van der Waals surface area (Å²) in [5.74, 6) is 1.67. The molecule has 5 rings (SSSR count). The standard InChI is InChI=1S/C23H21FN4O3S/c1-31-18-8-6-16(7-9-18)27-11-14(10-21(27)29)23(30)25-22-19-12-32-13-20(19)26-28(22)17-4-2-15(24)3-5-17/h2-9,14H,10-13H2,1H3,(H,25,30). The van der Waals surface area contributed by atoms with Crippen LogP contribution in [-0.4, -0.2) is 35.2 Å². The largest absolute Gasteiger partial charge is 0.497 e. The Labute approximate surface area is 188 Å². The van der Waals surface area contributed by atoms with E-state index in [4.69, 9.17) is 4.74 Å². The van der Waals surface area contributed by atoms with Gasteiger partial charge in [0, 0.05) is 35.7 Å². The van der Waals surface area contributed by atoms with Gasteiger partial charge in [0.2, 0.25) is 11.8 Å². The summed E-state index contributed by atoms with van der Waals surface area (Å²) in [7, 11) is 1.59. The van der Waals surface area contributed by atoms with Gasteiger partial charge in [0.05, 0.1) is 24.4 Å². The van der Waals surface area contributed by atoms with Crippen LogP contribution in [-0.2, 0) is 21.1 Å². The zero-order valence-corrected chi connectivity index (χ0v) is 18.2. The van der Waals surface area contributed by atoms with Crippen LogP contribution in [0.4, 0.5) is 15.9 Å². The summed E-state index contributed by atoms with van der Waals surface area (Å²) < 4.78 is 20.2. The number of carbonyl (C=O) groups is 2. The Morgan fingerprint density at radius 3 is 2.56 bits per heavy atom. The normalized spacial score (nSPS) is 17.5. The first-order chi connectivity index (χ1) is 15.5. The molecule has 1 atom stereocenters. The quantitative estimate of drug-likeness (QED) is 0.638. The van der Waals surface area contributed by atoms with E-state index in [9.17, 15) is 14.0 Å². The number of amides is 2. The summed E-state index contributed by atoms with van der Waals surface area (Å²) in [5, 5.41) is 7.65. The van der Waals surface area contributed by atoms with Gasteiger partial charge >= 0.3 is 0 Å². The third-order valence-electron chi connectivity index (χ3n) is 5.74. The summed E-state index contributed by atoms with van der Waals surface area (Å²) in [6.45, 7) is 0.304. The van der Waals surface area contributed by atoms with Crippen LogP contribution in [0.5, 0.6) is 5.75 Å². The molecule has 0 spiro atoms. The SMILES string of the molecule is COc1ccc(N2CC(C(=O)Nc3c4c(nn3-c3ccc(F)cc3)CSC4)CC2=O)cc1. The molecule has 2 aromatic carbocycles. The number of nitrogens with one attached hydrogen (secondary N) is 1. The molecule has 1 fully saturated rings. The zero-order chi connectivity index (χ0) is 22.2. The molecule has 164 valence electrons. The molecular weight excluding hydrogens is 431 g/mol. The van der Waals surface area contributed by atoms with E-state index in [-0.39, 0.29) is 24.1 Å². The number of methoxy groups -OCH3 is 1. The third kappa shape index (κ3) is 3.73. The topological polar surface area (TPSA) is 76.5 Å². The van der Waals surface area contributed by atoms with Crippen molar-refractivity contribution >= 4 is 35.1 Å². The average Bonchev–Trinajstić information content (AvgIpc) is 3.50. The minimum absolute atomic E-state index is 0.0943. The highest BCUT2D eigenvalue weighted by Gasteiger charge is 2.36. The molecule has 32 heavy (non-hydrogen) atoms. The van der Waals surface area contributed by atoms with Crippen molar-refractivity contribution in [3.05, 3.63) is 65.6 Å². The third-order valence-corrected chi connectivity index (χ3v) is 6.71. The molecule has 3 heterocycles. The Kier molecular flexibility index (Phi) is 5.34. The van der Waals surface area contributed by atoms with Gasteiger partial charge in [-0.3, -0.25) is 9.59 Å². The van der Waals surface area contributed by atoms with Crippen LogP contribution in [0.3, 0.4) is 0 Å². The summed E-state index contributed by atoms with van der Waals surface area (Å²) >= 11 is 1.73. The molecule has 0 saturated carbocycles. The van der Waals surface area contributed by atoms with E-state index in [0.29, 0.717) is 23.8 Å². The first kappa shape index (κ1) is 20.6. The highest BCUT2D eigenvalue weighted by Crippen LogP contribution is 2.37. The van der Waals surface area contributed by atoms with E-state index >= 15 is 0 Å². The lowest BCUT2D eigenvalue weighted by atomic mass is 10.1. The van der Waals surface area contributed by atoms with E-state index in [2.05, 4.69) is 10.4 Å². The Morgan fingerprint density at radius 1 is 1.12 bits per heavy atom. The smallest absolute Gasteiger partial charge is 0.230 e. The Hall–Kier alpha value is -3.33.